The lowest BCUT2D eigenvalue weighted by Gasteiger charge is -2.27. The molecular weight excluding hydrogens is 252 g/mol. The first kappa shape index (κ1) is 15.3. The van der Waals surface area contributed by atoms with Gasteiger partial charge in [-0.3, -0.25) is 0 Å². The molecule has 1 aromatic carbocycles. The summed E-state index contributed by atoms with van der Waals surface area (Å²) in [7, 11) is 1.74. The Labute approximate surface area is 121 Å². The second kappa shape index (κ2) is 7.65. The van der Waals surface area contributed by atoms with Gasteiger partial charge in [-0.25, -0.2) is 0 Å². The first-order chi connectivity index (χ1) is 9.80. The standard InChI is InChI=1S/C17H26O3/c1-20-17-10-4-8-15-14(7-3-9-16(15)17)6-2-5-13(11-18)12-19/h4,8,10,13-14,18-19H,2-3,5-7,9,11-12H2,1H3. The summed E-state index contributed by atoms with van der Waals surface area (Å²) in [5.74, 6) is 1.67. The average Bonchev–Trinajstić information content (AvgIpc) is 2.51. The van der Waals surface area contributed by atoms with Crippen LogP contribution in [-0.2, 0) is 6.42 Å². The van der Waals surface area contributed by atoms with E-state index in [9.17, 15) is 0 Å². The summed E-state index contributed by atoms with van der Waals surface area (Å²) in [6, 6.07) is 6.37. The summed E-state index contributed by atoms with van der Waals surface area (Å²) in [5, 5.41) is 18.2. The van der Waals surface area contributed by atoms with Crippen molar-refractivity contribution >= 4 is 0 Å². The van der Waals surface area contributed by atoms with E-state index in [1.165, 1.54) is 24.0 Å². The molecule has 0 bridgehead atoms. The first-order valence-electron chi connectivity index (χ1n) is 7.67. The van der Waals surface area contributed by atoms with Crippen molar-refractivity contribution < 1.29 is 14.9 Å². The van der Waals surface area contributed by atoms with Gasteiger partial charge in [-0.15, -0.1) is 0 Å². The van der Waals surface area contributed by atoms with Gasteiger partial charge in [0.05, 0.1) is 7.11 Å². The van der Waals surface area contributed by atoms with Gasteiger partial charge in [-0.2, -0.15) is 0 Å². The van der Waals surface area contributed by atoms with Crippen LogP contribution in [0.25, 0.3) is 0 Å². The van der Waals surface area contributed by atoms with E-state index in [-0.39, 0.29) is 19.1 Å². The summed E-state index contributed by atoms with van der Waals surface area (Å²) >= 11 is 0. The van der Waals surface area contributed by atoms with Gasteiger partial charge in [0.15, 0.2) is 0 Å². The van der Waals surface area contributed by atoms with Crippen molar-refractivity contribution in [3.05, 3.63) is 29.3 Å². The van der Waals surface area contributed by atoms with Crippen molar-refractivity contribution in [2.45, 2.75) is 44.4 Å². The molecule has 1 aromatic rings. The number of fused-ring (bicyclic) bond motifs is 1. The minimum absolute atomic E-state index is 0.0448. The summed E-state index contributed by atoms with van der Waals surface area (Å²) in [5.41, 5.74) is 2.83. The Morgan fingerprint density at radius 1 is 1.30 bits per heavy atom. The van der Waals surface area contributed by atoms with Crippen LogP contribution < -0.4 is 4.74 Å². The Kier molecular flexibility index (Phi) is 5.86. The topological polar surface area (TPSA) is 49.7 Å². The van der Waals surface area contributed by atoms with Crippen LogP contribution in [0.5, 0.6) is 5.75 Å². The summed E-state index contributed by atoms with van der Waals surface area (Å²) in [4.78, 5) is 0. The number of hydrogen-bond donors (Lipinski definition) is 2. The lowest BCUT2D eigenvalue weighted by molar-refractivity contribution is 0.141. The van der Waals surface area contributed by atoms with Crippen molar-refractivity contribution in [3.8, 4) is 5.75 Å². The molecule has 0 fully saturated rings. The van der Waals surface area contributed by atoms with Crippen molar-refractivity contribution in [1.82, 2.24) is 0 Å². The molecule has 3 heteroatoms. The molecule has 1 aliphatic rings. The molecule has 3 nitrogen and oxygen atoms in total. The third-order valence-electron chi connectivity index (χ3n) is 4.49. The van der Waals surface area contributed by atoms with E-state index in [2.05, 4.69) is 18.2 Å². The van der Waals surface area contributed by atoms with Crippen LogP contribution in [0, 0.1) is 5.92 Å². The van der Waals surface area contributed by atoms with E-state index in [1.807, 2.05) is 0 Å². The van der Waals surface area contributed by atoms with Gasteiger partial charge in [-0.1, -0.05) is 18.6 Å². The van der Waals surface area contributed by atoms with E-state index >= 15 is 0 Å². The highest BCUT2D eigenvalue weighted by atomic mass is 16.5. The Morgan fingerprint density at radius 3 is 2.80 bits per heavy atom. The zero-order valence-electron chi connectivity index (χ0n) is 12.3. The molecule has 1 unspecified atom stereocenters. The molecular formula is C17H26O3. The predicted octanol–water partition coefficient (Wildman–Crippen LogP) is 2.89. The molecule has 0 aromatic heterocycles. The fourth-order valence-corrected chi connectivity index (χ4v) is 3.30. The molecule has 0 heterocycles. The van der Waals surface area contributed by atoms with Crippen LogP contribution in [0.15, 0.2) is 18.2 Å². The zero-order valence-corrected chi connectivity index (χ0v) is 12.3. The van der Waals surface area contributed by atoms with Gasteiger partial charge in [0.1, 0.15) is 5.75 Å². The minimum Gasteiger partial charge on any atom is -0.496 e. The van der Waals surface area contributed by atoms with Crippen molar-refractivity contribution in [1.29, 1.82) is 0 Å². The number of aliphatic hydroxyl groups excluding tert-OH is 2. The molecule has 2 N–H and O–H groups in total. The van der Waals surface area contributed by atoms with Crippen molar-refractivity contribution in [2.75, 3.05) is 20.3 Å². The highest BCUT2D eigenvalue weighted by Gasteiger charge is 2.22. The van der Waals surface area contributed by atoms with Crippen molar-refractivity contribution in [3.63, 3.8) is 0 Å². The molecule has 1 atom stereocenters. The third-order valence-corrected chi connectivity index (χ3v) is 4.49. The SMILES string of the molecule is COc1cccc2c1CCCC2CCCC(CO)CO. The van der Waals surface area contributed by atoms with Gasteiger partial charge >= 0.3 is 0 Å². The second-order valence-electron chi connectivity index (χ2n) is 5.78. The van der Waals surface area contributed by atoms with Crippen LogP contribution in [0.2, 0.25) is 0 Å². The number of rotatable bonds is 7. The van der Waals surface area contributed by atoms with Crippen LogP contribution >= 0.6 is 0 Å². The van der Waals surface area contributed by atoms with Crippen molar-refractivity contribution in [2.24, 2.45) is 5.92 Å². The summed E-state index contributed by atoms with van der Waals surface area (Å²) < 4.78 is 5.47. The fourth-order valence-electron chi connectivity index (χ4n) is 3.30. The van der Waals surface area contributed by atoms with E-state index in [0.29, 0.717) is 5.92 Å². The molecule has 2 rings (SSSR count). The molecule has 0 saturated heterocycles. The van der Waals surface area contributed by atoms with Gasteiger partial charge in [0, 0.05) is 19.1 Å². The maximum absolute atomic E-state index is 9.11. The maximum atomic E-state index is 9.11. The number of hydrogen-bond acceptors (Lipinski definition) is 3. The summed E-state index contributed by atoms with van der Waals surface area (Å²) in [6.07, 6.45) is 6.68. The maximum Gasteiger partial charge on any atom is 0.122 e. The van der Waals surface area contributed by atoms with E-state index in [1.54, 1.807) is 7.11 Å². The highest BCUT2D eigenvalue weighted by molar-refractivity contribution is 5.43. The molecule has 20 heavy (non-hydrogen) atoms. The molecule has 0 aliphatic heterocycles. The Balaban J connectivity index is 1.98. The molecule has 0 radical (unpaired) electrons. The van der Waals surface area contributed by atoms with Crippen LogP contribution in [-0.4, -0.2) is 30.5 Å². The molecule has 0 amide bonds. The Hall–Kier alpha value is -1.06. The molecule has 0 saturated carbocycles. The normalized spacial score (nSPS) is 18.1. The Morgan fingerprint density at radius 2 is 2.10 bits per heavy atom. The first-order valence-corrected chi connectivity index (χ1v) is 7.67. The zero-order chi connectivity index (χ0) is 14.4. The fraction of sp³-hybridized carbons (Fsp3) is 0.647. The summed E-state index contributed by atoms with van der Waals surface area (Å²) in [6.45, 7) is 0.178. The predicted molar refractivity (Wildman–Crippen MR) is 80.2 cm³/mol. The highest BCUT2D eigenvalue weighted by Crippen LogP contribution is 2.39. The molecule has 112 valence electrons. The minimum atomic E-state index is 0.0448. The number of methoxy groups -OCH3 is 1. The molecule has 1 aliphatic carbocycles. The largest absolute Gasteiger partial charge is 0.496 e. The second-order valence-corrected chi connectivity index (χ2v) is 5.78. The van der Waals surface area contributed by atoms with Crippen LogP contribution in [0.3, 0.4) is 0 Å². The van der Waals surface area contributed by atoms with Crippen LogP contribution in [0.4, 0.5) is 0 Å². The van der Waals surface area contributed by atoms with E-state index in [0.717, 1.165) is 31.4 Å². The number of aliphatic hydroxyl groups is 2. The van der Waals surface area contributed by atoms with Gasteiger partial charge in [0.25, 0.3) is 0 Å². The van der Waals surface area contributed by atoms with E-state index < -0.39 is 0 Å². The van der Waals surface area contributed by atoms with E-state index in [4.69, 9.17) is 14.9 Å². The van der Waals surface area contributed by atoms with Gasteiger partial charge < -0.3 is 14.9 Å². The average molecular weight is 278 g/mol. The van der Waals surface area contributed by atoms with Gasteiger partial charge in [0.2, 0.25) is 0 Å². The van der Waals surface area contributed by atoms with Gasteiger partial charge in [-0.05, 0) is 55.2 Å². The quantitative estimate of drug-likeness (QED) is 0.806. The number of benzene rings is 1. The van der Waals surface area contributed by atoms with Crippen LogP contribution in [0.1, 0.15) is 49.1 Å². The number of ether oxygens (including phenoxy) is 1. The third kappa shape index (κ3) is 3.53. The Bertz CT molecular complexity index is 413. The lowest BCUT2D eigenvalue weighted by atomic mass is 9.79. The smallest absolute Gasteiger partial charge is 0.122 e. The molecule has 0 spiro atoms. The lowest BCUT2D eigenvalue weighted by Crippen LogP contribution is -2.14. The monoisotopic (exact) mass is 278 g/mol.